The molecule has 12 rings (SSSR count). The molecule has 5 nitrogen and oxygen atoms in total. The van der Waals surface area contributed by atoms with Crippen LogP contribution in [0.1, 0.15) is 77.5 Å². The van der Waals surface area contributed by atoms with E-state index in [1.54, 1.807) is 7.11 Å². The van der Waals surface area contributed by atoms with Crippen molar-refractivity contribution in [1.82, 2.24) is 0 Å². The van der Waals surface area contributed by atoms with Crippen LogP contribution in [0.2, 0.25) is 0 Å². The number of hydrogen-bond acceptors (Lipinski definition) is 5. The molecule has 0 spiro atoms. The Kier molecular flexibility index (Phi) is 9.03. The fraction of sp³-hybridized carbons (Fsp3) is 0.214. The highest BCUT2D eigenvalue weighted by Crippen LogP contribution is 2.66. The summed E-state index contributed by atoms with van der Waals surface area (Å²) >= 11 is 0. The summed E-state index contributed by atoms with van der Waals surface area (Å²) < 4.78 is 5.55. The van der Waals surface area contributed by atoms with Crippen LogP contribution >= 0.6 is 0 Å². The molecule has 0 N–H and O–H groups in total. The second-order valence-electron chi connectivity index (χ2n) is 17.8. The van der Waals surface area contributed by atoms with Crippen LogP contribution in [0.4, 0.5) is 0 Å². The molecule has 4 bridgehead atoms. The van der Waals surface area contributed by atoms with Crippen LogP contribution in [0.3, 0.4) is 0 Å². The number of fused-ring (bicyclic) bond motifs is 3. The van der Waals surface area contributed by atoms with Crippen LogP contribution < -0.4 is 24.3 Å². The van der Waals surface area contributed by atoms with Gasteiger partial charge < -0.3 is 4.74 Å². The summed E-state index contributed by atoms with van der Waals surface area (Å²) in [7, 11) is 1.71. The largest absolute Gasteiger partial charge is 0.497 e. The first-order chi connectivity index (χ1) is 30.0. The van der Waals surface area contributed by atoms with Gasteiger partial charge in [0, 0.05) is 0 Å². The molecule has 7 aromatic carbocycles. The van der Waals surface area contributed by atoms with Gasteiger partial charge in [-0.3, -0.25) is 19.6 Å². The molecular weight excluding hydrogens is 753 g/mol. The van der Waals surface area contributed by atoms with Crippen LogP contribution in [-0.4, -0.2) is 7.11 Å². The molecule has 4 saturated carbocycles. The minimum atomic E-state index is -0.503. The average molecular weight is 801 g/mol. The summed E-state index contributed by atoms with van der Waals surface area (Å²) in [5, 5.41) is 0. The number of ether oxygens (including phenoxy) is 1. The van der Waals surface area contributed by atoms with Crippen molar-refractivity contribution in [3.05, 3.63) is 215 Å². The lowest BCUT2D eigenvalue weighted by Gasteiger charge is -2.62. The van der Waals surface area contributed by atoms with Crippen molar-refractivity contribution in [2.45, 2.75) is 54.8 Å². The molecule has 0 aliphatic heterocycles. The fourth-order valence-corrected chi connectivity index (χ4v) is 12.1. The maximum atomic E-state index is 6.00. The van der Waals surface area contributed by atoms with Crippen molar-refractivity contribution in [1.29, 1.82) is 0 Å². The van der Waals surface area contributed by atoms with E-state index < -0.39 is 5.41 Å². The lowest BCUT2D eigenvalue weighted by Crippen LogP contribution is -2.55. The number of rotatable bonds is 12. The normalized spacial score (nSPS) is 22.4. The standard InChI is InChI=1S/C56H48O5/c1-3-38-12-22-46(23-13-38)58-59-47-26-14-41(15-27-47)54-33-39-32-40(34-54)36-55(35-39,37-54)42-16-28-48(29-17-42)60-61-49-30-20-44(21-31-49)56(43-18-24-45(57-2)25-19-43)52-10-6-4-8-50(52)51-9-5-7-11-53(51)56/h3-31,39-40H,1,32-37H2,2H3. The van der Waals surface area contributed by atoms with E-state index in [1.165, 1.54) is 71.0 Å². The van der Waals surface area contributed by atoms with E-state index in [4.69, 9.17) is 24.3 Å². The lowest BCUT2D eigenvalue weighted by atomic mass is 9.42. The van der Waals surface area contributed by atoms with Gasteiger partial charge in [-0.15, -0.1) is 0 Å². The Bertz CT molecular complexity index is 2640. The summed E-state index contributed by atoms with van der Waals surface area (Å²) in [6.07, 6.45) is 9.33. The zero-order valence-corrected chi connectivity index (χ0v) is 34.4. The van der Waals surface area contributed by atoms with Crippen LogP contribution in [-0.2, 0) is 16.2 Å². The second-order valence-corrected chi connectivity index (χ2v) is 17.8. The summed E-state index contributed by atoms with van der Waals surface area (Å²) in [5.41, 5.74) is 11.1. The van der Waals surface area contributed by atoms with Crippen LogP contribution in [0.5, 0.6) is 28.7 Å². The number of hydrogen-bond donors (Lipinski definition) is 0. The number of benzene rings is 7. The molecule has 0 saturated heterocycles. The zero-order valence-electron chi connectivity index (χ0n) is 34.4. The highest BCUT2D eigenvalue weighted by Gasteiger charge is 2.58. The first-order valence-electron chi connectivity index (χ1n) is 21.5. The summed E-state index contributed by atoms with van der Waals surface area (Å²) in [6.45, 7) is 3.82. The monoisotopic (exact) mass is 800 g/mol. The van der Waals surface area contributed by atoms with Gasteiger partial charge in [0.15, 0.2) is 23.0 Å². The zero-order chi connectivity index (χ0) is 41.0. The first-order valence-corrected chi connectivity index (χ1v) is 21.5. The summed E-state index contributed by atoms with van der Waals surface area (Å²) in [4.78, 5) is 23.3. The van der Waals surface area contributed by atoms with Crippen molar-refractivity contribution in [3.8, 4) is 39.9 Å². The van der Waals surface area contributed by atoms with Gasteiger partial charge in [0.05, 0.1) is 12.5 Å². The van der Waals surface area contributed by atoms with Gasteiger partial charge in [-0.1, -0.05) is 122 Å². The Balaban J connectivity index is 0.802. The lowest BCUT2D eigenvalue weighted by molar-refractivity contribution is -0.100. The minimum Gasteiger partial charge on any atom is -0.497 e. The Morgan fingerprint density at radius 3 is 1.20 bits per heavy atom. The van der Waals surface area contributed by atoms with Crippen molar-refractivity contribution in [2.24, 2.45) is 11.8 Å². The third-order valence-electron chi connectivity index (χ3n) is 14.3. The Labute approximate surface area is 358 Å². The van der Waals surface area contributed by atoms with Gasteiger partial charge in [0.25, 0.3) is 0 Å². The molecule has 0 amide bonds. The number of methoxy groups -OCH3 is 1. The maximum absolute atomic E-state index is 6.00. The van der Waals surface area contributed by atoms with E-state index >= 15 is 0 Å². The predicted molar refractivity (Wildman–Crippen MR) is 240 cm³/mol. The quantitative estimate of drug-likeness (QED) is 0.0910. The molecule has 61 heavy (non-hydrogen) atoms. The van der Waals surface area contributed by atoms with E-state index in [0.29, 0.717) is 23.0 Å². The van der Waals surface area contributed by atoms with Crippen LogP contribution in [0.25, 0.3) is 17.2 Å². The smallest absolute Gasteiger partial charge is 0.178 e. The predicted octanol–water partition coefficient (Wildman–Crippen LogP) is 13.2. The van der Waals surface area contributed by atoms with Gasteiger partial charge >= 0.3 is 0 Å². The van der Waals surface area contributed by atoms with Gasteiger partial charge in [-0.25, -0.2) is 0 Å². The van der Waals surface area contributed by atoms with Crippen LogP contribution in [0.15, 0.2) is 176 Å². The molecule has 4 fully saturated rings. The second kappa shape index (κ2) is 14.8. The summed E-state index contributed by atoms with van der Waals surface area (Å²) in [6, 6.07) is 59.4. The molecule has 0 heterocycles. The highest BCUT2D eigenvalue weighted by molar-refractivity contribution is 5.86. The van der Waals surface area contributed by atoms with Gasteiger partial charge in [0.1, 0.15) is 5.75 Å². The van der Waals surface area contributed by atoms with Crippen molar-refractivity contribution in [3.63, 3.8) is 0 Å². The molecule has 5 heteroatoms. The third-order valence-corrected chi connectivity index (χ3v) is 14.3. The first kappa shape index (κ1) is 37.3. The molecule has 2 unspecified atom stereocenters. The van der Waals surface area contributed by atoms with Crippen molar-refractivity contribution >= 4 is 6.08 Å². The van der Waals surface area contributed by atoms with Crippen molar-refractivity contribution in [2.75, 3.05) is 7.11 Å². The van der Waals surface area contributed by atoms with E-state index in [-0.39, 0.29) is 10.8 Å². The molecule has 0 radical (unpaired) electrons. The van der Waals surface area contributed by atoms with E-state index in [1.807, 2.05) is 42.5 Å². The molecule has 2 atom stereocenters. The average Bonchev–Trinajstić information content (AvgIpc) is 3.61. The maximum Gasteiger partial charge on any atom is 0.178 e. The van der Waals surface area contributed by atoms with Crippen molar-refractivity contribution < 1.29 is 24.3 Å². The third kappa shape index (κ3) is 6.29. The van der Waals surface area contributed by atoms with E-state index in [0.717, 1.165) is 35.1 Å². The molecule has 0 aromatic heterocycles. The van der Waals surface area contributed by atoms with Gasteiger partial charge in [-0.2, -0.15) is 0 Å². The SMILES string of the molecule is C=Cc1ccc(OOc2ccc(C34CC5CC(C3)CC(c3ccc(OOc6ccc(C7(c8ccc(OC)cc8)c8ccccc8-c8ccccc87)cc6)cc3)(C5)C4)cc2)cc1. The van der Waals surface area contributed by atoms with Crippen LogP contribution in [0, 0.1) is 11.8 Å². The fourth-order valence-electron chi connectivity index (χ4n) is 12.1. The molecule has 5 aliphatic rings. The van der Waals surface area contributed by atoms with E-state index in [2.05, 4.69) is 140 Å². The summed E-state index contributed by atoms with van der Waals surface area (Å²) in [5.74, 6) is 4.99. The van der Waals surface area contributed by atoms with Gasteiger partial charge in [-0.05, 0) is 172 Å². The highest BCUT2D eigenvalue weighted by atomic mass is 17.2. The Morgan fingerprint density at radius 1 is 0.443 bits per heavy atom. The topological polar surface area (TPSA) is 46.2 Å². The molecule has 5 aliphatic carbocycles. The molecule has 302 valence electrons. The Morgan fingerprint density at radius 2 is 0.803 bits per heavy atom. The van der Waals surface area contributed by atoms with E-state index in [9.17, 15) is 0 Å². The molecule has 7 aromatic rings. The van der Waals surface area contributed by atoms with Gasteiger partial charge in [0.2, 0.25) is 0 Å². The minimum absolute atomic E-state index is 0.159. The Hall–Kier alpha value is -6.72. The molecular formula is C56H48O5.